The van der Waals surface area contributed by atoms with Gasteiger partial charge in [-0.05, 0) is 63.3 Å². The Labute approximate surface area is 148 Å². The number of nitrogens with one attached hydrogen (secondary N) is 1. The van der Waals surface area contributed by atoms with Crippen LogP contribution in [0, 0.1) is 13.8 Å². The molecule has 3 heterocycles. The van der Waals surface area contributed by atoms with Crippen molar-refractivity contribution in [3.63, 3.8) is 0 Å². The summed E-state index contributed by atoms with van der Waals surface area (Å²) in [5, 5.41) is 0.897. The van der Waals surface area contributed by atoms with Gasteiger partial charge < -0.3 is 4.90 Å². The summed E-state index contributed by atoms with van der Waals surface area (Å²) in [4.78, 5) is 11.5. The molecule has 0 radical (unpaired) electrons. The number of hydrogen-bond acceptors (Lipinski definition) is 5. The van der Waals surface area contributed by atoms with E-state index in [-0.39, 0.29) is 11.3 Å². The van der Waals surface area contributed by atoms with Gasteiger partial charge in [0.05, 0.1) is 5.25 Å². The maximum Gasteiger partial charge on any atom is 0.214 e. The van der Waals surface area contributed by atoms with Gasteiger partial charge in [-0.15, -0.1) is 0 Å². The normalized spacial score (nSPS) is 21.7. The molecular formula is C18H24N4O2S. The smallest absolute Gasteiger partial charge is 0.214 e. The van der Waals surface area contributed by atoms with Gasteiger partial charge in [0.2, 0.25) is 10.0 Å². The molecular weight excluding hydrogens is 336 g/mol. The van der Waals surface area contributed by atoms with Crippen molar-refractivity contribution in [2.24, 2.45) is 0 Å². The van der Waals surface area contributed by atoms with Gasteiger partial charge in [0, 0.05) is 30.2 Å². The van der Waals surface area contributed by atoms with E-state index in [9.17, 15) is 8.42 Å². The number of pyridine rings is 2. The van der Waals surface area contributed by atoms with Crippen LogP contribution < -0.4 is 9.62 Å². The van der Waals surface area contributed by atoms with Crippen LogP contribution in [0.25, 0.3) is 11.0 Å². The second-order valence-electron chi connectivity index (χ2n) is 7.27. The van der Waals surface area contributed by atoms with Gasteiger partial charge in [-0.2, -0.15) is 0 Å². The van der Waals surface area contributed by atoms with Crippen LogP contribution in [0.1, 0.15) is 36.9 Å². The highest BCUT2D eigenvalue weighted by Crippen LogP contribution is 2.29. The Kier molecular flexibility index (Phi) is 4.16. The van der Waals surface area contributed by atoms with Crippen molar-refractivity contribution in [1.29, 1.82) is 0 Å². The van der Waals surface area contributed by atoms with E-state index in [0.717, 1.165) is 54.8 Å². The van der Waals surface area contributed by atoms with Gasteiger partial charge in [0.15, 0.2) is 5.65 Å². The monoisotopic (exact) mass is 360 g/mol. The minimum Gasteiger partial charge on any atom is -0.355 e. The lowest BCUT2D eigenvalue weighted by Crippen LogP contribution is -2.48. The summed E-state index contributed by atoms with van der Waals surface area (Å²) in [5.41, 5.74) is 2.90. The van der Waals surface area contributed by atoms with Gasteiger partial charge in [0.25, 0.3) is 0 Å². The fraction of sp³-hybridized carbons (Fsp3) is 0.556. The second-order valence-corrected chi connectivity index (χ2v) is 9.26. The standard InChI is InChI=1S/C18H24N4O2S/c1-12-10-13(2)19-18-16(12)7-8-17(20-18)22-9-3-4-14(11-22)21-25(23,24)15-5-6-15/h7-8,10,14-15,21H,3-6,9,11H2,1-2H3. The molecule has 0 aromatic carbocycles. The van der Waals surface area contributed by atoms with E-state index in [4.69, 9.17) is 4.98 Å². The molecule has 25 heavy (non-hydrogen) atoms. The number of hydrogen-bond donors (Lipinski definition) is 1. The first-order valence-corrected chi connectivity index (χ1v) is 10.5. The Morgan fingerprint density at radius 2 is 1.96 bits per heavy atom. The molecule has 0 spiro atoms. The van der Waals surface area contributed by atoms with E-state index < -0.39 is 10.0 Å². The lowest BCUT2D eigenvalue weighted by Gasteiger charge is -2.34. The second kappa shape index (κ2) is 6.21. The molecule has 134 valence electrons. The lowest BCUT2D eigenvalue weighted by atomic mass is 10.1. The average molecular weight is 360 g/mol. The molecule has 2 aromatic heterocycles. The summed E-state index contributed by atoms with van der Waals surface area (Å²) >= 11 is 0. The molecule has 1 saturated carbocycles. The Morgan fingerprint density at radius 1 is 1.16 bits per heavy atom. The number of fused-ring (bicyclic) bond motifs is 1. The lowest BCUT2D eigenvalue weighted by molar-refractivity contribution is 0.464. The first kappa shape index (κ1) is 16.7. The van der Waals surface area contributed by atoms with E-state index in [1.807, 2.05) is 13.0 Å². The molecule has 2 fully saturated rings. The zero-order valence-corrected chi connectivity index (χ0v) is 15.5. The number of anilines is 1. The maximum atomic E-state index is 12.2. The van der Waals surface area contributed by atoms with Gasteiger partial charge in [0.1, 0.15) is 5.82 Å². The van der Waals surface area contributed by atoms with Crippen molar-refractivity contribution in [3.8, 4) is 0 Å². The van der Waals surface area contributed by atoms with E-state index >= 15 is 0 Å². The fourth-order valence-corrected chi connectivity index (χ4v) is 5.19. The van der Waals surface area contributed by atoms with Crippen LogP contribution in [0.15, 0.2) is 18.2 Å². The Morgan fingerprint density at radius 3 is 2.72 bits per heavy atom. The third kappa shape index (κ3) is 3.48. The van der Waals surface area contributed by atoms with Crippen LogP contribution in [-0.2, 0) is 10.0 Å². The molecule has 6 nitrogen and oxygen atoms in total. The third-order valence-electron chi connectivity index (χ3n) is 5.03. The summed E-state index contributed by atoms with van der Waals surface area (Å²) in [7, 11) is -3.15. The van der Waals surface area contributed by atoms with Crippen molar-refractivity contribution in [2.75, 3.05) is 18.0 Å². The molecule has 1 atom stereocenters. The molecule has 4 rings (SSSR count). The highest BCUT2D eigenvalue weighted by atomic mass is 32.2. The molecule has 2 aromatic rings. The van der Waals surface area contributed by atoms with Gasteiger partial charge >= 0.3 is 0 Å². The van der Waals surface area contributed by atoms with E-state index in [1.54, 1.807) is 0 Å². The number of nitrogens with zero attached hydrogens (tertiary/aromatic N) is 3. The molecule has 2 aliphatic rings. The minimum atomic E-state index is -3.15. The van der Waals surface area contributed by atoms with Crippen LogP contribution in [0.5, 0.6) is 0 Å². The number of piperidine rings is 1. The van der Waals surface area contributed by atoms with Crippen LogP contribution in [0.3, 0.4) is 0 Å². The number of rotatable bonds is 4. The summed E-state index contributed by atoms with van der Waals surface area (Å²) in [6, 6.07) is 6.11. The number of aromatic nitrogens is 2. The molecule has 1 aliphatic carbocycles. The van der Waals surface area contributed by atoms with Crippen LogP contribution in [-0.4, -0.2) is 42.8 Å². The topological polar surface area (TPSA) is 75.2 Å². The minimum absolute atomic E-state index is 0.0379. The Balaban J connectivity index is 1.55. The van der Waals surface area contributed by atoms with Gasteiger partial charge in [-0.1, -0.05) is 0 Å². The predicted octanol–water partition coefficient (Wildman–Crippen LogP) is 2.30. The number of sulfonamides is 1. The molecule has 1 saturated heterocycles. The molecule has 1 unspecified atom stereocenters. The third-order valence-corrected chi connectivity index (χ3v) is 7.04. The van der Waals surface area contributed by atoms with Crippen molar-refractivity contribution >= 4 is 26.9 Å². The SMILES string of the molecule is Cc1cc(C)c2ccc(N3CCCC(NS(=O)(=O)C4CC4)C3)nc2n1. The summed E-state index contributed by atoms with van der Waals surface area (Å²) in [6.07, 6.45) is 3.43. The number of aryl methyl sites for hydroxylation is 2. The van der Waals surface area contributed by atoms with Crippen LogP contribution in [0.2, 0.25) is 0 Å². The molecule has 0 amide bonds. The molecule has 1 N–H and O–H groups in total. The summed E-state index contributed by atoms with van der Waals surface area (Å²) in [5.74, 6) is 0.875. The quantitative estimate of drug-likeness (QED) is 0.905. The maximum absolute atomic E-state index is 12.2. The zero-order chi connectivity index (χ0) is 17.6. The molecule has 0 bridgehead atoms. The van der Waals surface area contributed by atoms with Crippen molar-refractivity contribution in [2.45, 2.75) is 50.8 Å². The van der Waals surface area contributed by atoms with Gasteiger partial charge in [-0.25, -0.2) is 23.1 Å². The first-order valence-electron chi connectivity index (χ1n) is 8.93. The zero-order valence-electron chi connectivity index (χ0n) is 14.7. The van der Waals surface area contributed by atoms with E-state index in [1.165, 1.54) is 5.56 Å². The van der Waals surface area contributed by atoms with E-state index in [0.29, 0.717) is 6.54 Å². The predicted molar refractivity (Wildman–Crippen MR) is 99.3 cm³/mol. The average Bonchev–Trinajstić information content (AvgIpc) is 3.39. The van der Waals surface area contributed by atoms with Crippen LogP contribution in [0.4, 0.5) is 5.82 Å². The van der Waals surface area contributed by atoms with Gasteiger partial charge in [-0.3, -0.25) is 0 Å². The van der Waals surface area contributed by atoms with Crippen LogP contribution >= 0.6 is 0 Å². The van der Waals surface area contributed by atoms with Crippen molar-refractivity contribution < 1.29 is 8.42 Å². The molecule has 1 aliphatic heterocycles. The highest BCUT2D eigenvalue weighted by Gasteiger charge is 2.37. The first-order chi connectivity index (χ1) is 11.9. The van der Waals surface area contributed by atoms with E-state index in [2.05, 4.69) is 33.7 Å². The summed E-state index contributed by atoms with van der Waals surface area (Å²) in [6.45, 7) is 5.60. The highest BCUT2D eigenvalue weighted by molar-refractivity contribution is 7.90. The molecule has 7 heteroatoms. The summed E-state index contributed by atoms with van der Waals surface area (Å²) < 4.78 is 27.3. The Bertz CT molecular complexity index is 909. The largest absolute Gasteiger partial charge is 0.355 e. The van der Waals surface area contributed by atoms with Crippen molar-refractivity contribution in [3.05, 3.63) is 29.5 Å². The fourth-order valence-electron chi connectivity index (χ4n) is 3.59. The Hall–Kier alpha value is -1.73. The van der Waals surface area contributed by atoms with Crippen molar-refractivity contribution in [1.82, 2.24) is 14.7 Å².